The van der Waals surface area contributed by atoms with Crippen molar-refractivity contribution < 1.29 is 4.74 Å². The summed E-state index contributed by atoms with van der Waals surface area (Å²) < 4.78 is 7.89. The lowest BCUT2D eigenvalue weighted by Gasteiger charge is -2.16. The molecule has 0 bridgehead atoms. The predicted molar refractivity (Wildman–Crippen MR) is 72.7 cm³/mol. The Morgan fingerprint density at radius 3 is 3.00 bits per heavy atom. The van der Waals surface area contributed by atoms with E-state index in [1.54, 1.807) is 0 Å². The zero-order valence-electron chi connectivity index (χ0n) is 11.8. The van der Waals surface area contributed by atoms with Crippen molar-refractivity contribution in [3.8, 4) is 0 Å². The van der Waals surface area contributed by atoms with Gasteiger partial charge in [0.2, 0.25) is 0 Å². The summed E-state index contributed by atoms with van der Waals surface area (Å²) in [5.41, 5.74) is 2.66. The number of ether oxygens (including phenoxy) is 1. The second-order valence-electron chi connectivity index (χ2n) is 5.29. The van der Waals surface area contributed by atoms with Crippen LogP contribution in [-0.2, 0) is 30.7 Å². The summed E-state index contributed by atoms with van der Waals surface area (Å²) in [5.74, 6) is 1.88. The van der Waals surface area contributed by atoms with Gasteiger partial charge in [-0.3, -0.25) is 0 Å². The van der Waals surface area contributed by atoms with E-state index in [1.165, 1.54) is 17.2 Å². The van der Waals surface area contributed by atoms with Crippen molar-refractivity contribution in [3.05, 3.63) is 17.2 Å². The van der Waals surface area contributed by atoms with E-state index in [2.05, 4.69) is 23.7 Å². The van der Waals surface area contributed by atoms with Gasteiger partial charge in [0.05, 0.1) is 12.3 Å². The summed E-state index contributed by atoms with van der Waals surface area (Å²) in [5, 5.41) is 3.39. The molecule has 0 atom stereocenters. The van der Waals surface area contributed by atoms with Crippen LogP contribution in [0.15, 0.2) is 0 Å². The first-order valence-corrected chi connectivity index (χ1v) is 7.08. The molecule has 0 spiro atoms. The van der Waals surface area contributed by atoms with Crippen molar-refractivity contribution in [2.75, 3.05) is 19.8 Å². The molecule has 0 radical (unpaired) electrons. The van der Waals surface area contributed by atoms with E-state index < -0.39 is 0 Å². The third-order valence-corrected chi connectivity index (χ3v) is 3.32. The van der Waals surface area contributed by atoms with E-state index in [9.17, 15) is 0 Å². The summed E-state index contributed by atoms with van der Waals surface area (Å²) in [6, 6.07) is 0. The number of nitrogens with one attached hydrogen (secondary N) is 1. The fourth-order valence-electron chi connectivity index (χ4n) is 2.51. The Labute approximate surface area is 110 Å². The molecule has 1 N–H and O–H groups in total. The van der Waals surface area contributed by atoms with Gasteiger partial charge in [0, 0.05) is 44.8 Å². The molecule has 0 saturated carbocycles. The molecule has 1 aromatic heterocycles. The first-order chi connectivity index (χ1) is 8.72. The molecule has 0 saturated heterocycles. The van der Waals surface area contributed by atoms with Crippen molar-refractivity contribution >= 4 is 0 Å². The van der Waals surface area contributed by atoms with Crippen LogP contribution in [0, 0.1) is 5.92 Å². The first-order valence-electron chi connectivity index (χ1n) is 7.08. The van der Waals surface area contributed by atoms with Crippen LogP contribution < -0.4 is 5.32 Å². The molecule has 0 aliphatic carbocycles. The minimum atomic E-state index is 0.646. The number of hydrogen-bond acceptors (Lipinski definition) is 3. The van der Waals surface area contributed by atoms with Crippen molar-refractivity contribution in [1.82, 2.24) is 14.9 Å². The first kappa shape index (κ1) is 13.6. The van der Waals surface area contributed by atoms with Crippen LogP contribution in [0.25, 0.3) is 0 Å². The fraction of sp³-hybridized carbons (Fsp3) is 0.786. The minimum Gasteiger partial charge on any atom is -0.380 e. The van der Waals surface area contributed by atoms with E-state index in [1.807, 2.05) is 6.92 Å². The minimum absolute atomic E-state index is 0.646. The molecule has 4 nitrogen and oxygen atoms in total. The molecule has 2 heterocycles. The molecule has 4 heteroatoms. The summed E-state index contributed by atoms with van der Waals surface area (Å²) in [4.78, 5) is 4.81. The third kappa shape index (κ3) is 3.12. The Bertz CT molecular complexity index is 385. The average molecular weight is 251 g/mol. The molecule has 0 fully saturated rings. The lowest BCUT2D eigenvalue weighted by atomic mass is 10.1. The van der Waals surface area contributed by atoms with Gasteiger partial charge in [0.15, 0.2) is 0 Å². The summed E-state index contributed by atoms with van der Waals surface area (Å²) in [6.07, 6.45) is 2.14. The maximum absolute atomic E-state index is 5.49. The third-order valence-electron chi connectivity index (χ3n) is 3.32. The van der Waals surface area contributed by atoms with Gasteiger partial charge in [-0.05, 0) is 12.8 Å². The Kier molecular flexibility index (Phi) is 4.78. The van der Waals surface area contributed by atoms with Gasteiger partial charge in [-0.25, -0.2) is 4.98 Å². The number of nitrogens with zero attached hydrogens (tertiary/aromatic N) is 2. The van der Waals surface area contributed by atoms with E-state index in [0.717, 1.165) is 45.7 Å². The van der Waals surface area contributed by atoms with Gasteiger partial charge >= 0.3 is 0 Å². The highest BCUT2D eigenvalue weighted by atomic mass is 16.5. The Balaban J connectivity index is 2.18. The SMILES string of the molecule is CCOCCn1c(CC(C)C)nc2c1CCNC2. The number of hydrogen-bond donors (Lipinski definition) is 1. The molecule has 1 aliphatic heterocycles. The standard InChI is InChI=1S/C14H25N3O/c1-4-18-8-7-17-13-5-6-15-10-12(13)16-14(17)9-11(2)3/h11,15H,4-10H2,1-3H3. The molecule has 18 heavy (non-hydrogen) atoms. The molecule has 1 aliphatic rings. The summed E-state index contributed by atoms with van der Waals surface area (Å²) in [7, 11) is 0. The second-order valence-corrected chi connectivity index (χ2v) is 5.29. The number of imidazole rings is 1. The highest BCUT2D eigenvalue weighted by Gasteiger charge is 2.19. The quantitative estimate of drug-likeness (QED) is 0.783. The molecule has 0 aromatic carbocycles. The van der Waals surface area contributed by atoms with Crippen molar-refractivity contribution in [2.45, 2.75) is 46.7 Å². The lowest BCUT2D eigenvalue weighted by molar-refractivity contribution is 0.137. The van der Waals surface area contributed by atoms with Gasteiger partial charge in [0.1, 0.15) is 5.82 Å². The Morgan fingerprint density at radius 2 is 2.28 bits per heavy atom. The Morgan fingerprint density at radius 1 is 1.44 bits per heavy atom. The van der Waals surface area contributed by atoms with Gasteiger partial charge in [0.25, 0.3) is 0 Å². The van der Waals surface area contributed by atoms with Crippen LogP contribution in [0.1, 0.15) is 38.0 Å². The topological polar surface area (TPSA) is 39.1 Å². The van der Waals surface area contributed by atoms with E-state index in [0.29, 0.717) is 5.92 Å². The molecule has 0 amide bonds. The maximum atomic E-state index is 5.49. The highest BCUT2D eigenvalue weighted by molar-refractivity contribution is 5.20. The number of fused-ring (bicyclic) bond motifs is 1. The molecule has 0 unspecified atom stereocenters. The normalized spacial score (nSPS) is 15.1. The van der Waals surface area contributed by atoms with Crippen LogP contribution in [-0.4, -0.2) is 29.3 Å². The summed E-state index contributed by atoms with van der Waals surface area (Å²) in [6.45, 7) is 11.0. The molecular weight excluding hydrogens is 226 g/mol. The average Bonchev–Trinajstić information content (AvgIpc) is 2.67. The van der Waals surface area contributed by atoms with Crippen molar-refractivity contribution in [1.29, 1.82) is 0 Å². The molecule has 102 valence electrons. The Hall–Kier alpha value is -0.870. The van der Waals surface area contributed by atoms with Crippen molar-refractivity contribution in [2.24, 2.45) is 5.92 Å². The van der Waals surface area contributed by atoms with Gasteiger partial charge in [-0.1, -0.05) is 13.8 Å². The van der Waals surface area contributed by atoms with Gasteiger partial charge in [-0.2, -0.15) is 0 Å². The van der Waals surface area contributed by atoms with Crippen LogP contribution in [0.3, 0.4) is 0 Å². The van der Waals surface area contributed by atoms with Crippen LogP contribution in [0.5, 0.6) is 0 Å². The van der Waals surface area contributed by atoms with Crippen LogP contribution in [0.2, 0.25) is 0 Å². The zero-order valence-corrected chi connectivity index (χ0v) is 11.8. The second kappa shape index (κ2) is 6.34. The molecule has 2 rings (SSSR count). The summed E-state index contributed by atoms with van der Waals surface area (Å²) >= 11 is 0. The zero-order chi connectivity index (χ0) is 13.0. The van der Waals surface area contributed by atoms with Crippen molar-refractivity contribution in [3.63, 3.8) is 0 Å². The molecular formula is C14H25N3O. The number of aromatic nitrogens is 2. The van der Waals surface area contributed by atoms with E-state index in [4.69, 9.17) is 9.72 Å². The van der Waals surface area contributed by atoms with E-state index in [-0.39, 0.29) is 0 Å². The van der Waals surface area contributed by atoms with Gasteiger partial charge < -0.3 is 14.6 Å². The van der Waals surface area contributed by atoms with Crippen LogP contribution >= 0.6 is 0 Å². The maximum Gasteiger partial charge on any atom is 0.109 e. The largest absolute Gasteiger partial charge is 0.380 e. The van der Waals surface area contributed by atoms with E-state index >= 15 is 0 Å². The van der Waals surface area contributed by atoms with Crippen LogP contribution in [0.4, 0.5) is 0 Å². The fourth-order valence-corrected chi connectivity index (χ4v) is 2.51. The predicted octanol–water partition coefficient (Wildman–Crippen LogP) is 1.76. The molecule has 1 aromatic rings. The highest BCUT2D eigenvalue weighted by Crippen LogP contribution is 2.18. The van der Waals surface area contributed by atoms with Gasteiger partial charge in [-0.15, -0.1) is 0 Å². The lowest BCUT2D eigenvalue weighted by Crippen LogP contribution is -2.25. The number of rotatable bonds is 6. The monoisotopic (exact) mass is 251 g/mol. The smallest absolute Gasteiger partial charge is 0.109 e.